The Labute approximate surface area is 97.4 Å². The molecule has 1 unspecified atom stereocenters. The Bertz CT molecular complexity index is 325. The minimum Gasteiger partial charge on any atom is -0.389 e. The van der Waals surface area contributed by atoms with Crippen molar-refractivity contribution in [3.63, 3.8) is 0 Å². The second-order valence-corrected chi connectivity index (χ2v) is 3.61. The summed E-state index contributed by atoms with van der Waals surface area (Å²) in [6, 6.07) is 1.54. The van der Waals surface area contributed by atoms with Crippen molar-refractivity contribution in [1.29, 1.82) is 0 Å². The van der Waals surface area contributed by atoms with Crippen molar-refractivity contribution in [3.05, 3.63) is 16.4 Å². The molecule has 1 aromatic heterocycles. The van der Waals surface area contributed by atoms with Gasteiger partial charge < -0.3 is 15.2 Å². The summed E-state index contributed by atoms with van der Waals surface area (Å²) in [5.41, 5.74) is 0.534. The van der Waals surface area contributed by atoms with Gasteiger partial charge in [-0.25, -0.2) is 0 Å². The summed E-state index contributed by atoms with van der Waals surface area (Å²) in [7, 11) is 1.51. The molecule has 0 fully saturated rings. The minimum absolute atomic E-state index is 0.212. The van der Waals surface area contributed by atoms with E-state index in [1.54, 1.807) is 0 Å². The van der Waals surface area contributed by atoms with Gasteiger partial charge in [-0.05, 0) is 0 Å². The van der Waals surface area contributed by atoms with E-state index >= 15 is 0 Å². The largest absolute Gasteiger partial charge is 0.389 e. The number of aliphatic hydroxyl groups excluding tert-OH is 1. The molecule has 15 heavy (non-hydrogen) atoms. The highest BCUT2D eigenvalue weighted by atomic mass is 35.5. The lowest BCUT2D eigenvalue weighted by molar-refractivity contribution is 0.0727. The number of aliphatic hydroxyl groups is 1. The topological polar surface area (TPSA) is 67.3 Å². The highest BCUT2D eigenvalue weighted by Crippen LogP contribution is 2.20. The average molecular weight is 252 g/mol. The molecule has 1 atom stereocenters. The highest BCUT2D eigenvalue weighted by Gasteiger charge is 2.07. The van der Waals surface area contributed by atoms with Crippen LogP contribution in [0, 0.1) is 0 Å². The van der Waals surface area contributed by atoms with E-state index in [1.165, 1.54) is 13.2 Å². The first-order valence-electron chi connectivity index (χ1n) is 4.23. The first-order valence-corrected chi connectivity index (χ1v) is 4.98. The Morgan fingerprint density at radius 2 is 2.27 bits per heavy atom. The van der Waals surface area contributed by atoms with E-state index in [1.807, 2.05) is 0 Å². The lowest BCUT2D eigenvalue weighted by Gasteiger charge is -2.12. The SMILES string of the molecule is COCC(O)CNc1cc(Cl)nnc1Cl. The van der Waals surface area contributed by atoms with Crippen LogP contribution in [0.3, 0.4) is 0 Å². The molecule has 1 rings (SSSR count). The zero-order chi connectivity index (χ0) is 11.3. The number of methoxy groups -OCH3 is 1. The van der Waals surface area contributed by atoms with Crippen molar-refractivity contribution in [2.75, 3.05) is 25.6 Å². The molecule has 84 valence electrons. The van der Waals surface area contributed by atoms with Crippen molar-refractivity contribution in [2.45, 2.75) is 6.10 Å². The van der Waals surface area contributed by atoms with Gasteiger partial charge in [-0.15, -0.1) is 10.2 Å². The number of nitrogens with zero attached hydrogens (tertiary/aromatic N) is 2. The maximum absolute atomic E-state index is 9.37. The van der Waals surface area contributed by atoms with Gasteiger partial charge in [-0.1, -0.05) is 23.2 Å². The molecule has 0 saturated carbocycles. The summed E-state index contributed by atoms with van der Waals surface area (Å²) in [6.45, 7) is 0.548. The Kier molecular flexibility index (Phi) is 5.04. The molecule has 0 aliphatic heterocycles. The van der Waals surface area contributed by atoms with Gasteiger partial charge in [0.05, 0.1) is 18.4 Å². The van der Waals surface area contributed by atoms with E-state index < -0.39 is 6.10 Å². The molecule has 0 saturated heterocycles. The lowest BCUT2D eigenvalue weighted by atomic mass is 10.3. The van der Waals surface area contributed by atoms with E-state index in [0.29, 0.717) is 12.2 Å². The maximum Gasteiger partial charge on any atom is 0.174 e. The fraction of sp³-hybridized carbons (Fsp3) is 0.500. The minimum atomic E-state index is -0.613. The third kappa shape index (κ3) is 4.17. The number of hydrogen-bond donors (Lipinski definition) is 2. The van der Waals surface area contributed by atoms with E-state index in [4.69, 9.17) is 27.9 Å². The lowest BCUT2D eigenvalue weighted by Crippen LogP contribution is -2.24. The van der Waals surface area contributed by atoms with Gasteiger partial charge in [-0.3, -0.25) is 0 Å². The molecule has 0 aromatic carbocycles. The Morgan fingerprint density at radius 1 is 1.53 bits per heavy atom. The summed E-state index contributed by atoms with van der Waals surface area (Å²) in [5, 5.41) is 19.9. The molecule has 0 amide bonds. The van der Waals surface area contributed by atoms with Crippen molar-refractivity contribution in [3.8, 4) is 0 Å². The smallest absolute Gasteiger partial charge is 0.174 e. The van der Waals surface area contributed by atoms with Gasteiger partial charge in [0.15, 0.2) is 10.3 Å². The molecule has 0 aliphatic carbocycles. The van der Waals surface area contributed by atoms with Gasteiger partial charge in [0.1, 0.15) is 0 Å². The Hall–Kier alpha value is -0.620. The Morgan fingerprint density at radius 3 is 2.93 bits per heavy atom. The normalized spacial score (nSPS) is 12.5. The van der Waals surface area contributed by atoms with Crippen LogP contribution in [0.4, 0.5) is 5.69 Å². The Balaban J connectivity index is 2.53. The van der Waals surface area contributed by atoms with Crippen LogP contribution < -0.4 is 5.32 Å². The van der Waals surface area contributed by atoms with Crippen molar-refractivity contribution in [1.82, 2.24) is 10.2 Å². The molecule has 0 spiro atoms. The third-order valence-corrected chi connectivity index (χ3v) is 2.07. The highest BCUT2D eigenvalue weighted by molar-refractivity contribution is 6.33. The van der Waals surface area contributed by atoms with Gasteiger partial charge >= 0.3 is 0 Å². The van der Waals surface area contributed by atoms with Crippen molar-refractivity contribution >= 4 is 28.9 Å². The summed E-state index contributed by atoms with van der Waals surface area (Å²) in [5.74, 6) is 0. The number of anilines is 1. The number of nitrogens with one attached hydrogen (secondary N) is 1. The standard InChI is InChI=1S/C8H11Cl2N3O2/c1-15-4-5(14)3-11-6-2-7(9)12-13-8(6)10/h2,5,14H,3-4H2,1H3,(H,11,12). The van der Waals surface area contributed by atoms with Crippen LogP contribution in [-0.4, -0.2) is 41.7 Å². The number of halogens is 2. The van der Waals surface area contributed by atoms with Crippen LogP contribution in [0.1, 0.15) is 0 Å². The molecular weight excluding hydrogens is 241 g/mol. The molecule has 7 heteroatoms. The predicted octanol–water partition coefficient (Wildman–Crippen LogP) is 1.20. The maximum atomic E-state index is 9.37. The van der Waals surface area contributed by atoms with E-state index in [-0.39, 0.29) is 16.9 Å². The second-order valence-electron chi connectivity index (χ2n) is 2.86. The number of rotatable bonds is 5. The van der Waals surface area contributed by atoms with E-state index in [9.17, 15) is 5.11 Å². The van der Waals surface area contributed by atoms with Gasteiger partial charge in [0.2, 0.25) is 0 Å². The van der Waals surface area contributed by atoms with Crippen LogP contribution in [0.15, 0.2) is 6.07 Å². The van der Waals surface area contributed by atoms with Crippen molar-refractivity contribution < 1.29 is 9.84 Å². The molecule has 0 radical (unpaired) electrons. The molecular formula is C8H11Cl2N3O2. The summed E-state index contributed by atoms with van der Waals surface area (Å²) in [6.07, 6.45) is -0.613. The monoisotopic (exact) mass is 251 g/mol. The second kappa shape index (κ2) is 6.07. The summed E-state index contributed by atoms with van der Waals surface area (Å²) < 4.78 is 4.77. The van der Waals surface area contributed by atoms with Crippen LogP contribution in [0.5, 0.6) is 0 Å². The van der Waals surface area contributed by atoms with Crippen LogP contribution in [-0.2, 0) is 4.74 Å². The first-order chi connectivity index (χ1) is 7.13. The zero-order valence-corrected chi connectivity index (χ0v) is 9.59. The quantitative estimate of drug-likeness (QED) is 0.824. The van der Waals surface area contributed by atoms with Gasteiger partial charge in [0, 0.05) is 19.7 Å². The van der Waals surface area contributed by atoms with Crippen molar-refractivity contribution in [2.24, 2.45) is 0 Å². The molecule has 0 aliphatic rings. The summed E-state index contributed by atoms with van der Waals surface area (Å²) >= 11 is 11.4. The molecule has 1 aromatic rings. The van der Waals surface area contributed by atoms with Gasteiger partial charge in [-0.2, -0.15) is 0 Å². The number of aromatic nitrogens is 2. The molecule has 5 nitrogen and oxygen atoms in total. The zero-order valence-electron chi connectivity index (χ0n) is 8.07. The van der Waals surface area contributed by atoms with E-state index in [2.05, 4.69) is 15.5 Å². The number of ether oxygens (including phenoxy) is 1. The predicted molar refractivity (Wildman–Crippen MR) is 58.4 cm³/mol. The molecule has 0 bridgehead atoms. The molecule has 2 N–H and O–H groups in total. The van der Waals surface area contributed by atoms with Crippen LogP contribution in [0.25, 0.3) is 0 Å². The third-order valence-electron chi connectivity index (χ3n) is 1.61. The molecule has 1 heterocycles. The average Bonchev–Trinajstić information content (AvgIpc) is 2.20. The summed E-state index contributed by atoms with van der Waals surface area (Å²) in [4.78, 5) is 0. The fourth-order valence-electron chi connectivity index (χ4n) is 0.956. The van der Waals surface area contributed by atoms with Crippen LogP contribution in [0.2, 0.25) is 10.3 Å². The fourth-order valence-corrected chi connectivity index (χ4v) is 1.26. The first kappa shape index (κ1) is 12.4. The number of hydrogen-bond acceptors (Lipinski definition) is 5. The van der Waals surface area contributed by atoms with Crippen LogP contribution >= 0.6 is 23.2 Å². The van der Waals surface area contributed by atoms with Gasteiger partial charge in [0.25, 0.3) is 0 Å². The van der Waals surface area contributed by atoms with E-state index in [0.717, 1.165) is 0 Å².